The van der Waals surface area contributed by atoms with Gasteiger partial charge in [0.05, 0.1) is 6.54 Å². The van der Waals surface area contributed by atoms with E-state index in [4.69, 9.17) is 5.73 Å². The van der Waals surface area contributed by atoms with Crippen LogP contribution in [0.3, 0.4) is 0 Å². The van der Waals surface area contributed by atoms with Crippen LogP contribution >= 0.6 is 0 Å². The third-order valence-electron chi connectivity index (χ3n) is 2.70. The quantitative estimate of drug-likeness (QED) is 0.708. The minimum Gasteiger partial charge on any atom is -0.326 e. The Hall–Kier alpha value is -1.88. The molecule has 0 saturated carbocycles. The summed E-state index contributed by atoms with van der Waals surface area (Å²) in [5.41, 5.74) is 7.83. The van der Waals surface area contributed by atoms with Crippen molar-refractivity contribution in [2.75, 3.05) is 17.2 Å². The SMILES string of the molecule is NCC(=O)Nc1ccc2c(c1)CCCC(=O)N2. The van der Waals surface area contributed by atoms with Gasteiger partial charge in [0.15, 0.2) is 0 Å². The second-order valence-corrected chi connectivity index (χ2v) is 4.03. The molecule has 1 aromatic rings. The van der Waals surface area contributed by atoms with Crippen molar-refractivity contribution >= 4 is 23.2 Å². The lowest BCUT2D eigenvalue weighted by Gasteiger charge is -2.09. The zero-order chi connectivity index (χ0) is 12.3. The van der Waals surface area contributed by atoms with Gasteiger partial charge in [-0.2, -0.15) is 0 Å². The standard InChI is InChI=1S/C12H15N3O2/c13-7-12(17)14-9-4-5-10-8(6-9)2-1-3-11(16)15-10/h4-6H,1-3,7,13H2,(H,14,17)(H,15,16). The molecule has 17 heavy (non-hydrogen) atoms. The first kappa shape index (κ1) is 11.6. The molecule has 1 aliphatic heterocycles. The van der Waals surface area contributed by atoms with Gasteiger partial charge in [0.25, 0.3) is 0 Å². The molecule has 2 rings (SSSR count). The second-order valence-electron chi connectivity index (χ2n) is 4.03. The first-order valence-electron chi connectivity index (χ1n) is 5.62. The van der Waals surface area contributed by atoms with Crippen LogP contribution in [-0.4, -0.2) is 18.4 Å². The summed E-state index contributed by atoms with van der Waals surface area (Å²) in [5, 5.41) is 5.54. The highest BCUT2D eigenvalue weighted by Crippen LogP contribution is 2.25. The molecule has 1 heterocycles. The van der Waals surface area contributed by atoms with Gasteiger partial charge in [0.2, 0.25) is 11.8 Å². The van der Waals surface area contributed by atoms with Crippen LogP contribution in [0.1, 0.15) is 18.4 Å². The van der Waals surface area contributed by atoms with Crippen LogP contribution in [0.15, 0.2) is 18.2 Å². The summed E-state index contributed by atoms with van der Waals surface area (Å²) in [4.78, 5) is 22.5. The van der Waals surface area contributed by atoms with Crippen LogP contribution in [-0.2, 0) is 16.0 Å². The van der Waals surface area contributed by atoms with Crippen LogP contribution in [0.4, 0.5) is 11.4 Å². The summed E-state index contributed by atoms with van der Waals surface area (Å²) in [5.74, 6) is -0.176. The lowest BCUT2D eigenvalue weighted by atomic mass is 10.1. The van der Waals surface area contributed by atoms with E-state index in [2.05, 4.69) is 10.6 Å². The molecule has 1 aliphatic rings. The summed E-state index contributed by atoms with van der Waals surface area (Å²) >= 11 is 0. The highest BCUT2D eigenvalue weighted by molar-refractivity contribution is 5.94. The molecule has 5 nitrogen and oxygen atoms in total. The first-order chi connectivity index (χ1) is 8.19. The second kappa shape index (κ2) is 4.97. The minimum absolute atomic E-state index is 0.0339. The number of benzene rings is 1. The Morgan fingerprint density at radius 3 is 3.00 bits per heavy atom. The summed E-state index contributed by atoms with van der Waals surface area (Å²) in [6.45, 7) is -0.0339. The van der Waals surface area contributed by atoms with Gasteiger partial charge in [-0.15, -0.1) is 0 Å². The van der Waals surface area contributed by atoms with Gasteiger partial charge in [0, 0.05) is 17.8 Å². The summed E-state index contributed by atoms with van der Waals surface area (Å²) < 4.78 is 0. The molecule has 0 bridgehead atoms. The molecule has 0 unspecified atom stereocenters. The number of rotatable bonds is 2. The van der Waals surface area contributed by atoms with Crippen molar-refractivity contribution in [3.63, 3.8) is 0 Å². The van der Waals surface area contributed by atoms with E-state index in [1.165, 1.54) is 0 Å². The van der Waals surface area contributed by atoms with E-state index in [9.17, 15) is 9.59 Å². The van der Waals surface area contributed by atoms with E-state index in [0.29, 0.717) is 6.42 Å². The van der Waals surface area contributed by atoms with Gasteiger partial charge in [-0.3, -0.25) is 9.59 Å². The Morgan fingerprint density at radius 1 is 1.41 bits per heavy atom. The maximum absolute atomic E-state index is 11.4. The highest BCUT2D eigenvalue weighted by atomic mass is 16.2. The number of anilines is 2. The zero-order valence-corrected chi connectivity index (χ0v) is 9.45. The Labute approximate surface area is 99.4 Å². The predicted octanol–water partition coefficient (Wildman–Crippen LogP) is 0.859. The molecule has 0 radical (unpaired) electrons. The number of carbonyl (C=O) groups excluding carboxylic acids is 2. The average Bonchev–Trinajstić information content (AvgIpc) is 2.49. The maximum Gasteiger partial charge on any atom is 0.238 e. The molecule has 0 aromatic heterocycles. The lowest BCUT2D eigenvalue weighted by molar-refractivity contribution is -0.116. The topological polar surface area (TPSA) is 84.2 Å². The van der Waals surface area contributed by atoms with Crippen LogP contribution in [0.25, 0.3) is 0 Å². The number of hydrogen-bond acceptors (Lipinski definition) is 3. The van der Waals surface area contributed by atoms with Gasteiger partial charge in [-0.1, -0.05) is 0 Å². The number of amides is 2. The summed E-state index contributed by atoms with van der Waals surface area (Å²) in [7, 11) is 0. The van der Waals surface area contributed by atoms with Crippen molar-refractivity contribution in [3.05, 3.63) is 23.8 Å². The highest BCUT2D eigenvalue weighted by Gasteiger charge is 2.13. The Balaban J connectivity index is 2.21. The van der Waals surface area contributed by atoms with E-state index in [0.717, 1.165) is 29.8 Å². The Bertz CT molecular complexity index is 457. The van der Waals surface area contributed by atoms with Gasteiger partial charge in [-0.05, 0) is 36.6 Å². The smallest absolute Gasteiger partial charge is 0.238 e. The number of fused-ring (bicyclic) bond motifs is 1. The minimum atomic E-state index is -0.220. The molecule has 0 saturated heterocycles. The summed E-state index contributed by atoms with van der Waals surface area (Å²) in [6, 6.07) is 5.46. The molecule has 4 N–H and O–H groups in total. The normalized spacial score (nSPS) is 14.5. The van der Waals surface area contributed by atoms with Crippen molar-refractivity contribution in [1.82, 2.24) is 0 Å². The van der Waals surface area contributed by atoms with Crippen LogP contribution in [0.2, 0.25) is 0 Å². The third kappa shape index (κ3) is 2.82. The van der Waals surface area contributed by atoms with Crippen LogP contribution < -0.4 is 16.4 Å². The fourth-order valence-corrected chi connectivity index (χ4v) is 1.86. The van der Waals surface area contributed by atoms with Crippen LogP contribution in [0.5, 0.6) is 0 Å². The van der Waals surface area contributed by atoms with E-state index in [-0.39, 0.29) is 18.4 Å². The molecule has 0 aliphatic carbocycles. The fraction of sp³-hybridized carbons (Fsp3) is 0.333. The molecule has 2 amide bonds. The van der Waals surface area contributed by atoms with Gasteiger partial charge < -0.3 is 16.4 Å². The molecule has 0 atom stereocenters. The van der Waals surface area contributed by atoms with E-state index in [1.807, 2.05) is 12.1 Å². The number of nitrogens with one attached hydrogen (secondary N) is 2. The van der Waals surface area contributed by atoms with Crippen molar-refractivity contribution in [2.24, 2.45) is 5.73 Å². The van der Waals surface area contributed by atoms with Gasteiger partial charge in [-0.25, -0.2) is 0 Å². The lowest BCUT2D eigenvalue weighted by Crippen LogP contribution is -2.21. The molecule has 90 valence electrons. The van der Waals surface area contributed by atoms with Crippen molar-refractivity contribution < 1.29 is 9.59 Å². The Kier molecular flexibility index (Phi) is 3.39. The molecule has 1 aromatic carbocycles. The average molecular weight is 233 g/mol. The molecule has 0 fully saturated rings. The van der Waals surface area contributed by atoms with Gasteiger partial charge >= 0.3 is 0 Å². The first-order valence-corrected chi connectivity index (χ1v) is 5.62. The summed E-state index contributed by atoms with van der Waals surface area (Å²) in [6.07, 6.45) is 2.20. The number of nitrogens with two attached hydrogens (primary N) is 1. The van der Waals surface area contributed by atoms with Crippen molar-refractivity contribution in [2.45, 2.75) is 19.3 Å². The fourth-order valence-electron chi connectivity index (χ4n) is 1.86. The van der Waals surface area contributed by atoms with E-state index >= 15 is 0 Å². The monoisotopic (exact) mass is 233 g/mol. The maximum atomic E-state index is 11.4. The number of hydrogen-bond donors (Lipinski definition) is 3. The third-order valence-corrected chi connectivity index (χ3v) is 2.70. The van der Waals surface area contributed by atoms with Gasteiger partial charge in [0.1, 0.15) is 0 Å². The molecule has 0 spiro atoms. The Morgan fingerprint density at radius 2 is 2.24 bits per heavy atom. The molecular formula is C12H15N3O2. The van der Waals surface area contributed by atoms with E-state index < -0.39 is 0 Å². The number of carbonyl (C=O) groups is 2. The predicted molar refractivity (Wildman–Crippen MR) is 65.7 cm³/mol. The van der Waals surface area contributed by atoms with Crippen LogP contribution in [0, 0.1) is 0 Å². The van der Waals surface area contributed by atoms with E-state index in [1.54, 1.807) is 6.07 Å². The largest absolute Gasteiger partial charge is 0.326 e. The van der Waals surface area contributed by atoms with Crippen molar-refractivity contribution in [3.8, 4) is 0 Å². The van der Waals surface area contributed by atoms with Crippen molar-refractivity contribution in [1.29, 1.82) is 0 Å². The molecule has 5 heteroatoms. The zero-order valence-electron chi connectivity index (χ0n) is 9.45. The number of aryl methyl sites for hydroxylation is 1. The molecular weight excluding hydrogens is 218 g/mol.